The van der Waals surface area contributed by atoms with Gasteiger partial charge >= 0.3 is 0 Å². The van der Waals surface area contributed by atoms with Crippen molar-refractivity contribution in [2.75, 3.05) is 13.1 Å². The van der Waals surface area contributed by atoms with Crippen LogP contribution in [0.1, 0.15) is 35.0 Å². The molecule has 4 heterocycles. The fraction of sp³-hybridized carbons (Fsp3) is 0.312. The second-order valence-corrected chi connectivity index (χ2v) is 7.12. The Bertz CT molecular complexity index is 780. The summed E-state index contributed by atoms with van der Waals surface area (Å²) in [6.45, 7) is 1.43. The van der Waals surface area contributed by atoms with Crippen molar-refractivity contribution in [1.82, 2.24) is 15.1 Å². The summed E-state index contributed by atoms with van der Waals surface area (Å²) < 4.78 is 5.83. The van der Waals surface area contributed by atoms with E-state index in [0.29, 0.717) is 18.3 Å². The van der Waals surface area contributed by atoms with Crippen molar-refractivity contribution in [2.45, 2.75) is 18.8 Å². The third-order valence-corrected chi connectivity index (χ3v) is 5.40. The Kier molecular flexibility index (Phi) is 3.97. The van der Waals surface area contributed by atoms with Crippen LogP contribution in [0.4, 0.5) is 0 Å². The zero-order valence-corrected chi connectivity index (χ0v) is 14.0. The highest BCUT2D eigenvalue weighted by atomic mass is 32.1. The number of aromatic nitrogens is 2. The van der Waals surface area contributed by atoms with Gasteiger partial charge in [0.05, 0.1) is 11.5 Å². The summed E-state index contributed by atoms with van der Waals surface area (Å²) in [5, 5.41) is 16.2. The first-order valence-corrected chi connectivity index (χ1v) is 9.37. The summed E-state index contributed by atoms with van der Waals surface area (Å²) in [6, 6.07) is 3.84. The third-order valence-electron chi connectivity index (χ3n) is 4.03. The van der Waals surface area contributed by atoms with Crippen molar-refractivity contribution < 1.29 is 9.21 Å². The molecule has 23 heavy (non-hydrogen) atoms. The lowest BCUT2D eigenvalue weighted by Crippen LogP contribution is -2.39. The minimum atomic E-state index is 0.0912. The molecule has 118 valence electrons. The zero-order chi connectivity index (χ0) is 15.6. The number of nitrogens with zero attached hydrogens (tertiary/aromatic N) is 3. The van der Waals surface area contributed by atoms with Crippen molar-refractivity contribution in [2.24, 2.45) is 0 Å². The molecule has 0 radical (unpaired) electrons. The maximum atomic E-state index is 12.5. The van der Waals surface area contributed by atoms with Gasteiger partial charge in [0, 0.05) is 29.4 Å². The molecular formula is C16H15N3O2S2. The van der Waals surface area contributed by atoms with Gasteiger partial charge in [-0.15, -0.1) is 10.2 Å². The van der Waals surface area contributed by atoms with Gasteiger partial charge in [0.1, 0.15) is 0 Å². The molecule has 0 saturated carbocycles. The van der Waals surface area contributed by atoms with Gasteiger partial charge in [-0.25, -0.2) is 0 Å². The van der Waals surface area contributed by atoms with Crippen LogP contribution in [-0.4, -0.2) is 34.1 Å². The van der Waals surface area contributed by atoms with E-state index in [1.54, 1.807) is 22.7 Å². The summed E-state index contributed by atoms with van der Waals surface area (Å²) in [6.07, 6.45) is 1.93. The molecule has 5 nitrogen and oxygen atoms in total. The van der Waals surface area contributed by atoms with Gasteiger partial charge in [-0.3, -0.25) is 4.79 Å². The van der Waals surface area contributed by atoms with Crippen LogP contribution >= 0.6 is 22.7 Å². The molecule has 1 amide bonds. The molecule has 3 aromatic rings. The number of rotatable bonds is 3. The molecule has 1 saturated heterocycles. The van der Waals surface area contributed by atoms with Crippen molar-refractivity contribution in [3.8, 4) is 11.5 Å². The van der Waals surface area contributed by atoms with Crippen LogP contribution < -0.4 is 0 Å². The molecular weight excluding hydrogens is 330 g/mol. The van der Waals surface area contributed by atoms with Crippen LogP contribution in [-0.2, 0) is 0 Å². The first kappa shape index (κ1) is 14.6. The van der Waals surface area contributed by atoms with Gasteiger partial charge in [-0.05, 0) is 35.7 Å². The molecule has 7 heteroatoms. The normalized spacial score (nSPS) is 18.3. The van der Waals surface area contributed by atoms with Gasteiger partial charge in [-0.2, -0.15) is 22.7 Å². The maximum absolute atomic E-state index is 12.5. The standard InChI is InChI=1S/C16H15N3O2S2/c20-16(13-4-7-23-10-13)19-5-1-2-11(8-19)14-17-18-15(21-14)12-3-6-22-9-12/h3-4,6-7,9-11H,1-2,5,8H2/t11-/m0/s1. The van der Waals surface area contributed by atoms with Gasteiger partial charge in [-0.1, -0.05) is 0 Å². The van der Waals surface area contributed by atoms with Crippen LogP contribution in [0, 0.1) is 0 Å². The van der Waals surface area contributed by atoms with Gasteiger partial charge in [0.25, 0.3) is 5.91 Å². The summed E-state index contributed by atoms with van der Waals surface area (Å²) in [7, 11) is 0. The minimum Gasteiger partial charge on any atom is -0.420 e. The molecule has 1 fully saturated rings. The summed E-state index contributed by atoms with van der Waals surface area (Å²) in [4.78, 5) is 14.4. The number of carbonyl (C=O) groups excluding carboxylic acids is 1. The van der Waals surface area contributed by atoms with Crippen LogP contribution in [0.3, 0.4) is 0 Å². The van der Waals surface area contributed by atoms with Crippen LogP contribution in [0.15, 0.2) is 38.1 Å². The Morgan fingerprint density at radius 2 is 2.09 bits per heavy atom. The molecule has 0 unspecified atom stereocenters. The van der Waals surface area contributed by atoms with Gasteiger partial charge in [0.2, 0.25) is 11.8 Å². The lowest BCUT2D eigenvalue weighted by Gasteiger charge is -2.30. The average molecular weight is 345 g/mol. The van der Waals surface area contributed by atoms with Crippen LogP contribution in [0.5, 0.6) is 0 Å². The SMILES string of the molecule is O=C(c1ccsc1)N1CCC[C@H](c2nnc(-c3ccsc3)o2)C1. The van der Waals surface area contributed by atoms with Crippen LogP contribution in [0.2, 0.25) is 0 Å². The first-order valence-electron chi connectivity index (χ1n) is 7.48. The highest BCUT2D eigenvalue weighted by molar-refractivity contribution is 7.08. The molecule has 0 N–H and O–H groups in total. The first-order chi connectivity index (χ1) is 11.3. The molecule has 1 aliphatic heterocycles. The fourth-order valence-corrected chi connectivity index (χ4v) is 4.09. The molecule has 0 aromatic carbocycles. The predicted molar refractivity (Wildman–Crippen MR) is 89.8 cm³/mol. The second-order valence-electron chi connectivity index (χ2n) is 5.56. The Hall–Kier alpha value is -1.99. The average Bonchev–Trinajstić information content (AvgIpc) is 3.36. The maximum Gasteiger partial charge on any atom is 0.254 e. The molecule has 1 aliphatic rings. The predicted octanol–water partition coefficient (Wildman–Crippen LogP) is 3.88. The van der Waals surface area contributed by atoms with E-state index < -0.39 is 0 Å². The van der Waals surface area contributed by atoms with Gasteiger partial charge in [0.15, 0.2) is 0 Å². The molecule has 0 spiro atoms. The van der Waals surface area contributed by atoms with E-state index in [1.165, 1.54) is 0 Å². The van der Waals surface area contributed by atoms with E-state index >= 15 is 0 Å². The Labute approximate surface area is 141 Å². The number of piperidine rings is 1. The van der Waals surface area contributed by atoms with E-state index in [4.69, 9.17) is 4.42 Å². The number of hydrogen-bond donors (Lipinski definition) is 0. The van der Waals surface area contributed by atoms with Crippen molar-refractivity contribution in [3.05, 3.63) is 45.1 Å². The molecule has 0 aliphatic carbocycles. The topological polar surface area (TPSA) is 59.2 Å². The highest BCUT2D eigenvalue weighted by Gasteiger charge is 2.29. The lowest BCUT2D eigenvalue weighted by atomic mass is 9.97. The van der Waals surface area contributed by atoms with Crippen molar-refractivity contribution >= 4 is 28.6 Å². The summed E-state index contributed by atoms with van der Waals surface area (Å²) in [5.74, 6) is 1.40. The molecule has 4 rings (SSSR count). The monoisotopic (exact) mass is 345 g/mol. The Morgan fingerprint density at radius 1 is 1.22 bits per heavy atom. The molecule has 0 bridgehead atoms. The minimum absolute atomic E-state index is 0.0912. The third kappa shape index (κ3) is 2.94. The number of amides is 1. The van der Waals surface area contributed by atoms with E-state index in [-0.39, 0.29) is 11.8 Å². The van der Waals surface area contributed by atoms with Crippen LogP contribution in [0.25, 0.3) is 11.5 Å². The largest absolute Gasteiger partial charge is 0.420 e. The van der Waals surface area contributed by atoms with Crippen molar-refractivity contribution in [1.29, 1.82) is 0 Å². The van der Waals surface area contributed by atoms with E-state index in [0.717, 1.165) is 30.5 Å². The number of likely N-dealkylation sites (tertiary alicyclic amines) is 1. The Balaban J connectivity index is 1.50. The second kappa shape index (κ2) is 6.25. The quantitative estimate of drug-likeness (QED) is 0.723. The summed E-state index contributed by atoms with van der Waals surface area (Å²) in [5.41, 5.74) is 1.72. The fourth-order valence-electron chi connectivity index (χ4n) is 2.83. The van der Waals surface area contributed by atoms with E-state index in [2.05, 4.69) is 10.2 Å². The van der Waals surface area contributed by atoms with Crippen molar-refractivity contribution in [3.63, 3.8) is 0 Å². The highest BCUT2D eigenvalue weighted by Crippen LogP contribution is 2.29. The van der Waals surface area contributed by atoms with E-state index in [1.807, 2.05) is 38.6 Å². The number of carbonyl (C=O) groups is 1. The molecule has 3 aromatic heterocycles. The lowest BCUT2D eigenvalue weighted by molar-refractivity contribution is 0.0699. The number of hydrogen-bond acceptors (Lipinski definition) is 6. The smallest absolute Gasteiger partial charge is 0.254 e. The van der Waals surface area contributed by atoms with E-state index in [9.17, 15) is 4.79 Å². The Morgan fingerprint density at radius 3 is 2.87 bits per heavy atom. The van der Waals surface area contributed by atoms with Gasteiger partial charge < -0.3 is 9.32 Å². The summed E-state index contributed by atoms with van der Waals surface area (Å²) >= 11 is 3.15. The number of thiophene rings is 2. The molecule has 1 atom stereocenters. The zero-order valence-electron chi connectivity index (χ0n) is 12.3.